The van der Waals surface area contributed by atoms with Crippen molar-refractivity contribution in [3.63, 3.8) is 0 Å². The van der Waals surface area contributed by atoms with Crippen LogP contribution in [0.1, 0.15) is 19.8 Å². The van der Waals surface area contributed by atoms with Crippen LogP contribution in [0.5, 0.6) is 0 Å². The first-order valence-corrected chi connectivity index (χ1v) is 5.66. The van der Waals surface area contributed by atoms with Crippen LogP contribution < -0.4 is 5.32 Å². The number of nitrogens with one attached hydrogen (secondary N) is 1. The lowest BCUT2D eigenvalue weighted by molar-refractivity contribution is -0.142. The number of carboxylic acid groups (broad SMARTS) is 1. The van der Waals surface area contributed by atoms with Gasteiger partial charge in [-0.2, -0.15) is 5.26 Å². The molecule has 94 valence electrons. The van der Waals surface area contributed by atoms with Crippen LogP contribution in [-0.2, 0) is 9.59 Å². The lowest BCUT2D eigenvalue weighted by atomic mass is 10.0. The van der Waals surface area contributed by atoms with Gasteiger partial charge in [0.1, 0.15) is 0 Å². The van der Waals surface area contributed by atoms with Gasteiger partial charge in [0.15, 0.2) is 0 Å². The molecule has 1 aliphatic rings. The van der Waals surface area contributed by atoms with Crippen molar-refractivity contribution in [1.29, 1.82) is 5.26 Å². The second-order valence-electron chi connectivity index (χ2n) is 4.20. The minimum atomic E-state index is -0.801. The van der Waals surface area contributed by atoms with Gasteiger partial charge in [-0.15, -0.1) is 0 Å². The van der Waals surface area contributed by atoms with E-state index in [2.05, 4.69) is 5.32 Å². The summed E-state index contributed by atoms with van der Waals surface area (Å²) in [4.78, 5) is 24.2. The molecule has 1 saturated heterocycles. The molecular formula is C11H17N3O3. The summed E-state index contributed by atoms with van der Waals surface area (Å²) in [5.41, 5.74) is 0. The first-order valence-electron chi connectivity index (χ1n) is 5.66. The van der Waals surface area contributed by atoms with E-state index >= 15 is 0 Å². The number of carbonyl (C=O) groups excluding carboxylic acids is 1. The third kappa shape index (κ3) is 3.71. The fourth-order valence-electron chi connectivity index (χ4n) is 2.06. The molecule has 0 aromatic carbocycles. The zero-order valence-corrected chi connectivity index (χ0v) is 9.85. The number of hydrogen-bond donors (Lipinski definition) is 2. The molecule has 2 unspecified atom stereocenters. The summed E-state index contributed by atoms with van der Waals surface area (Å²) in [6.45, 7) is 3.01. The minimum absolute atomic E-state index is 0.116. The van der Waals surface area contributed by atoms with Crippen molar-refractivity contribution in [2.45, 2.75) is 25.8 Å². The number of likely N-dealkylation sites (tertiary alicyclic amines) is 1. The van der Waals surface area contributed by atoms with Crippen molar-refractivity contribution in [2.24, 2.45) is 5.92 Å². The van der Waals surface area contributed by atoms with Crippen LogP contribution in [0.4, 0.5) is 0 Å². The average Bonchev–Trinajstić information content (AvgIpc) is 2.61. The SMILES string of the molecule is CC1C(C(=O)O)CCN1CC(=O)NCCC#N. The third-order valence-electron chi connectivity index (χ3n) is 3.11. The van der Waals surface area contributed by atoms with Crippen molar-refractivity contribution in [3.05, 3.63) is 0 Å². The van der Waals surface area contributed by atoms with Gasteiger partial charge in [-0.25, -0.2) is 0 Å². The third-order valence-corrected chi connectivity index (χ3v) is 3.11. The first-order chi connectivity index (χ1) is 8.06. The molecule has 6 nitrogen and oxygen atoms in total. The smallest absolute Gasteiger partial charge is 0.308 e. The topological polar surface area (TPSA) is 93.4 Å². The maximum Gasteiger partial charge on any atom is 0.308 e. The van der Waals surface area contributed by atoms with E-state index < -0.39 is 5.97 Å². The van der Waals surface area contributed by atoms with Crippen molar-refractivity contribution < 1.29 is 14.7 Å². The number of rotatable bonds is 5. The maximum absolute atomic E-state index is 11.5. The molecule has 0 spiro atoms. The van der Waals surface area contributed by atoms with Crippen LogP contribution in [0, 0.1) is 17.2 Å². The molecule has 1 fully saturated rings. The van der Waals surface area contributed by atoms with Crippen molar-refractivity contribution >= 4 is 11.9 Å². The molecule has 1 rings (SSSR count). The first kappa shape index (κ1) is 13.5. The van der Waals surface area contributed by atoms with Gasteiger partial charge in [-0.05, 0) is 19.9 Å². The van der Waals surface area contributed by atoms with Gasteiger partial charge in [0.2, 0.25) is 5.91 Å². The fourth-order valence-corrected chi connectivity index (χ4v) is 2.06. The Labute approximate surface area is 100 Å². The van der Waals surface area contributed by atoms with E-state index in [1.165, 1.54) is 0 Å². The predicted molar refractivity (Wildman–Crippen MR) is 60.0 cm³/mol. The Hall–Kier alpha value is -1.61. The molecule has 0 aromatic heterocycles. The normalized spacial score (nSPS) is 24.2. The van der Waals surface area contributed by atoms with Gasteiger partial charge in [0.05, 0.1) is 25.0 Å². The summed E-state index contributed by atoms with van der Waals surface area (Å²) in [7, 11) is 0. The monoisotopic (exact) mass is 239 g/mol. The Morgan fingerprint density at radius 2 is 2.29 bits per heavy atom. The van der Waals surface area contributed by atoms with Crippen LogP contribution in [0.3, 0.4) is 0 Å². The number of carbonyl (C=O) groups is 2. The van der Waals surface area contributed by atoms with Crippen LogP contribution in [0.25, 0.3) is 0 Å². The van der Waals surface area contributed by atoms with Crippen molar-refractivity contribution in [2.75, 3.05) is 19.6 Å². The summed E-state index contributed by atoms with van der Waals surface area (Å²) >= 11 is 0. The van der Waals surface area contributed by atoms with Gasteiger partial charge >= 0.3 is 5.97 Å². The van der Waals surface area contributed by atoms with Gasteiger partial charge in [0, 0.05) is 12.6 Å². The highest BCUT2D eigenvalue weighted by molar-refractivity contribution is 5.78. The summed E-state index contributed by atoms with van der Waals surface area (Å²) in [6, 6.07) is 1.82. The zero-order chi connectivity index (χ0) is 12.8. The zero-order valence-electron chi connectivity index (χ0n) is 9.85. The molecule has 2 atom stereocenters. The highest BCUT2D eigenvalue weighted by Gasteiger charge is 2.36. The van der Waals surface area contributed by atoms with E-state index in [0.717, 1.165) is 0 Å². The summed E-state index contributed by atoms with van der Waals surface area (Å²) < 4.78 is 0. The standard InChI is InChI=1S/C11H17N3O3/c1-8-9(11(16)17)3-6-14(8)7-10(15)13-5-2-4-12/h8-9H,2-3,5-7H2,1H3,(H,13,15)(H,16,17). The summed E-state index contributed by atoms with van der Waals surface area (Å²) in [5.74, 6) is -1.34. The van der Waals surface area contributed by atoms with E-state index in [9.17, 15) is 9.59 Å². The van der Waals surface area contributed by atoms with E-state index in [1.54, 1.807) is 0 Å². The molecule has 2 N–H and O–H groups in total. The Kier molecular flexibility index (Phi) is 4.91. The average molecular weight is 239 g/mol. The number of nitrogens with zero attached hydrogens (tertiary/aromatic N) is 2. The van der Waals surface area contributed by atoms with Crippen LogP contribution >= 0.6 is 0 Å². The second kappa shape index (κ2) is 6.21. The lowest BCUT2D eigenvalue weighted by Gasteiger charge is -2.22. The molecule has 0 radical (unpaired) electrons. The van der Waals surface area contributed by atoms with Crippen LogP contribution in [-0.4, -0.2) is 47.6 Å². The summed E-state index contributed by atoms with van der Waals surface area (Å²) in [6.07, 6.45) is 0.876. The highest BCUT2D eigenvalue weighted by atomic mass is 16.4. The number of hydrogen-bond acceptors (Lipinski definition) is 4. The van der Waals surface area contributed by atoms with Gasteiger partial charge in [-0.1, -0.05) is 0 Å². The molecule has 0 aromatic rings. The molecule has 1 heterocycles. The largest absolute Gasteiger partial charge is 0.481 e. The second-order valence-corrected chi connectivity index (χ2v) is 4.20. The molecule has 0 saturated carbocycles. The van der Waals surface area contributed by atoms with E-state index in [0.29, 0.717) is 25.9 Å². The Bertz CT molecular complexity index is 337. The number of nitriles is 1. The Morgan fingerprint density at radius 1 is 1.59 bits per heavy atom. The van der Waals surface area contributed by atoms with E-state index in [1.807, 2.05) is 17.9 Å². The maximum atomic E-state index is 11.5. The number of aliphatic carboxylic acids is 1. The lowest BCUT2D eigenvalue weighted by Crippen LogP contribution is -2.41. The number of amides is 1. The molecule has 1 amide bonds. The Morgan fingerprint density at radius 3 is 2.82 bits per heavy atom. The molecular weight excluding hydrogens is 222 g/mol. The van der Waals surface area contributed by atoms with Gasteiger partial charge in [-0.3, -0.25) is 14.5 Å². The van der Waals surface area contributed by atoms with Crippen LogP contribution in [0.15, 0.2) is 0 Å². The van der Waals surface area contributed by atoms with E-state index in [-0.39, 0.29) is 24.4 Å². The summed E-state index contributed by atoms with van der Waals surface area (Å²) in [5, 5.41) is 19.9. The predicted octanol–water partition coefficient (Wildman–Crippen LogP) is -0.189. The highest BCUT2D eigenvalue weighted by Crippen LogP contribution is 2.23. The fraction of sp³-hybridized carbons (Fsp3) is 0.727. The number of carboxylic acids is 1. The molecule has 0 bridgehead atoms. The van der Waals surface area contributed by atoms with Gasteiger partial charge < -0.3 is 10.4 Å². The quantitative estimate of drug-likeness (QED) is 0.649. The Balaban J connectivity index is 2.36. The molecule has 6 heteroatoms. The van der Waals surface area contributed by atoms with Crippen molar-refractivity contribution in [3.8, 4) is 6.07 Å². The van der Waals surface area contributed by atoms with Gasteiger partial charge in [0.25, 0.3) is 0 Å². The molecule has 0 aliphatic carbocycles. The van der Waals surface area contributed by atoms with Crippen molar-refractivity contribution in [1.82, 2.24) is 10.2 Å². The van der Waals surface area contributed by atoms with Crippen LogP contribution in [0.2, 0.25) is 0 Å². The minimum Gasteiger partial charge on any atom is -0.481 e. The molecule has 1 aliphatic heterocycles. The van der Waals surface area contributed by atoms with E-state index in [4.69, 9.17) is 10.4 Å². The molecule has 17 heavy (non-hydrogen) atoms.